The summed E-state index contributed by atoms with van der Waals surface area (Å²) >= 11 is 0. The van der Waals surface area contributed by atoms with Gasteiger partial charge in [-0.15, -0.1) is 0 Å². The van der Waals surface area contributed by atoms with E-state index in [9.17, 15) is 9.59 Å². The van der Waals surface area contributed by atoms with Crippen LogP contribution in [0.4, 0.5) is 5.69 Å². The lowest BCUT2D eigenvalue weighted by molar-refractivity contribution is 0.0784. The molecule has 1 aliphatic rings. The van der Waals surface area contributed by atoms with Gasteiger partial charge in [-0.2, -0.15) is 0 Å². The minimum atomic E-state index is -0.259. The van der Waals surface area contributed by atoms with Crippen LogP contribution in [0.2, 0.25) is 0 Å². The quantitative estimate of drug-likeness (QED) is 0.905. The van der Waals surface area contributed by atoms with Gasteiger partial charge in [0.1, 0.15) is 5.69 Å². The summed E-state index contributed by atoms with van der Waals surface area (Å²) in [6.07, 6.45) is 0.877. The molecule has 0 spiro atoms. The number of amides is 1. The van der Waals surface area contributed by atoms with Crippen molar-refractivity contribution in [2.24, 2.45) is 0 Å². The summed E-state index contributed by atoms with van der Waals surface area (Å²) in [7, 11) is 1.88. The van der Waals surface area contributed by atoms with E-state index in [1.165, 1.54) is 6.07 Å². The third-order valence-electron chi connectivity index (χ3n) is 4.15. The number of hydrogen-bond donors (Lipinski definition) is 2. The fourth-order valence-electron chi connectivity index (χ4n) is 2.98. The molecular weight excluding hydrogens is 292 g/mol. The van der Waals surface area contributed by atoms with E-state index in [0.717, 1.165) is 23.5 Å². The van der Waals surface area contributed by atoms with Crippen LogP contribution in [0, 0.1) is 6.92 Å². The van der Waals surface area contributed by atoms with E-state index < -0.39 is 0 Å². The zero-order valence-corrected chi connectivity index (χ0v) is 13.3. The molecule has 120 valence electrons. The number of aryl methyl sites for hydroxylation is 1. The first kappa shape index (κ1) is 15.3. The van der Waals surface area contributed by atoms with E-state index in [4.69, 9.17) is 0 Å². The molecule has 2 aromatic heterocycles. The molecule has 2 aromatic rings. The maximum atomic E-state index is 12.5. The van der Waals surface area contributed by atoms with Gasteiger partial charge in [-0.3, -0.25) is 14.6 Å². The van der Waals surface area contributed by atoms with Crippen molar-refractivity contribution in [3.63, 3.8) is 0 Å². The Labute approximate surface area is 134 Å². The van der Waals surface area contributed by atoms with Crippen LogP contribution >= 0.6 is 0 Å². The zero-order chi connectivity index (χ0) is 16.4. The molecule has 0 aromatic carbocycles. The number of rotatable bonds is 3. The summed E-state index contributed by atoms with van der Waals surface area (Å²) in [5, 5.41) is 3.14. The Morgan fingerprint density at radius 3 is 2.96 bits per heavy atom. The molecule has 0 aliphatic carbocycles. The molecule has 1 aliphatic heterocycles. The fourth-order valence-corrected chi connectivity index (χ4v) is 2.98. The summed E-state index contributed by atoms with van der Waals surface area (Å²) in [6, 6.07) is 8.67. The Morgan fingerprint density at radius 1 is 1.39 bits per heavy atom. The predicted molar refractivity (Wildman–Crippen MR) is 88.8 cm³/mol. The number of nitrogens with zero attached hydrogens (tertiary/aromatic N) is 2. The molecule has 1 fully saturated rings. The van der Waals surface area contributed by atoms with E-state index >= 15 is 0 Å². The van der Waals surface area contributed by atoms with Gasteiger partial charge in [-0.25, -0.2) is 0 Å². The number of aromatic nitrogens is 2. The molecular formula is C17H20N4O2. The lowest BCUT2D eigenvalue weighted by Crippen LogP contribution is -2.30. The summed E-state index contributed by atoms with van der Waals surface area (Å²) in [5.74, 6) is 0.0908. The Kier molecular flexibility index (Phi) is 4.14. The highest BCUT2D eigenvalue weighted by Gasteiger charge is 2.29. The molecule has 0 bridgehead atoms. The molecule has 6 nitrogen and oxygen atoms in total. The van der Waals surface area contributed by atoms with Crippen LogP contribution in [0.5, 0.6) is 0 Å². The van der Waals surface area contributed by atoms with E-state index in [2.05, 4.69) is 15.3 Å². The van der Waals surface area contributed by atoms with Crippen molar-refractivity contribution in [2.45, 2.75) is 19.3 Å². The minimum Gasteiger partial charge on any atom is -0.388 e. The maximum absolute atomic E-state index is 12.5. The first-order valence-corrected chi connectivity index (χ1v) is 7.72. The number of anilines is 1. The number of nitrogens with one attached hydrogen (secondary N) is 2. The first-order valence-electron chi connectivity index (χ1n) is 7.72. The highest BCUT2D eigenvalue weighted by atomic mass is 16.2. The standard InChI is InChI=1S/C17H20N4O2/c1-11-8-13(18-2)9-15(19-11)12-6-7-21(10-12)17(23)14-4-3-5-16(22)20-14/h3-5,8-9,12H,6-7,10H2,1-2H3,(H,18,19)(H,20,22). The smallest absolute Gasteiger partial charge is 0.270 e. The van der Waals surface area contributed by atoms with Gasteiger partial charge in [0.2, 0.25) is 5.56 Å². The van der Waals surface area contributed by atoms with E-state index in [1.807, 2.05) is 26.1 Å². The average molecular weight is 312 g/mol. The summed E-state index contributed by atoms with van der Waals surface area (Å²) in [4.78, 5) is 32.8. The Balaban J connectivity index is 1.77. The molecule has 1 amide bonds. The highest BCUT2D eigenvalue weighted by Crippen LogP contribution is 2.28. The monoisotopic (exact) mass is 312 g/mol. The molecule has 0 radical (unpaired) electrons. The maximum Gasteiger partial charge on any atom is 0.270 e. The Morgan fingerprint density at radius 2 is 2.22 bits per heavy atom. The van der Waals surface area contributed by atoms with Crippen LogP contribution in [0.15, 0.2) is 35.1 Å². The third kappa shape index (κ3) is 3.26. The summed E-state index contributed by atoms with van der Waals surface area (Å²) in [6.45, 7) is 3.26. The SMILES string of the molecule is CNc1cc(C)nc(C2CCN(C(=O)c3cccc(=O)[nH]3)C2)c1. The molecule has 3 heterocycles. The lowest BCUT2D eigenvalue weighted by Gasteiger charge is -2.16. The van der Waals surface area contributed by atoms with Crippen LogP contribution in [0.25, 0.3) is 0 Å². The van der Waals surface area contributed by atoms with Gasteiger partial charge in [0.25, 0.3) is 5.91 Å². The largest absolute Gasteiger partial charge is 0.388 e. The Hall–Kier alpha value is -2.63. The molecule has 1 unspecified atom stereocenters. The van der Waals surface area contributed by atoms with Gasteiger partial charge in [0.15, 0.2) is 0 Å². The van der Waals surface area contributed by atoms with Crippen molar-refractivity contribution in [3.05, 3.63) is 57.8 Å². The molecule has 1 atom stereocenters. The second kappa shape index (κ2) is 6.24. The molecule has 3 rings (SSSR count). The summed E-state index contributed by atoms with van der Waals surface area (Å²) in [5.41, 5.74) is 3.08. The molecule has 0 saturated carbocycles. The molecule has 1 saturated heterocycles. The van der Waals surface area contributed by atoms with Gasteiger partial charge in [0, 0.05) is 49.2 Å². The lowest BCUT2D eigenvalue weighted by atomic mass is 10.0. The van der Waals surface area contributed by atoms with Gasteiger partial charge in [-0.1, -0.05) is 6.07 Å². The van der Waals surface area contributed by atoms with Crippen LogP contribution in [0.3, 0.4) is 0 Å². The normalized spacial score (nSPS) is 17.3. The number of likely N-dealkylation sites (tertiary alicyclic amines) is 1. The van der Waals surface area contributed by atoms with Crippen molar-refractivity contribution in [1.29, 1.82) is 0 Å². The molecule has 6 heteroatoms. The second-order valence-corrected chi connectivity index (χ2v) is 5.84. The van der Waals surface area contributed by atoms with Gasteiger partial charge in [0.05, 0.1) is 0 Å². The molecule has 23 heavy (non-hydrogen) atoms. The van der Waals surface area contributed by atoms with Crippen LogP contribution in [0.1, 0.15) is 34.2 Å². The van der Waals surface area contributed by atoms with E-state index in [0.29, 0.717) is 18.8 Å². The number of pyridine rings is 2. The fraction of sp³-hybridized carbons (Fsp3) is 0.353. The van der Waals surface area contributed by atoms with Crippen molar-refractivity contribution in [1.82, 2.24) is 14.9 Å². The number of H-pyrrole nitrogens is 1. The third-order valence-corrected chi connectivity index (χ3v) is 4.15. The van der Waals surface area contributed by atoms with E-state index in [-0.39, 0.29) is 17.4 Å². The minimum absolute atomic E-state index is 0.133. The first-order chi connectivity index (χ1) is 11.1. The van der Waals surface area contributed by atoms with Gasteiger partial charge < -0.3 is 15.2 Å². The van der Waals surface area contributed by atoms with Crippen LogP contribution in [-0.2, 0) is 0 Å². The van der Waals surface area contributed by atoms with E-state index in [1.54, 1.807) is 17.0 Å². The summed E-state index contributed by atoms with van der Waals surface area (Å²) < 4.78 is 0. The van der Waals surface area contributed by atoms with Gasteiger partial charge in [-0.05, 0) is 31.5 Å². The van der Waals surface area contributed by atoms with Crippen LogP contribution in [-0.4, -0.2) is 40.9 Å². The number of aromatic amines is 1. The highest BCUT2D eigenvalue weighted by molar-refractivity contribution is 5.92. The van der Waals surface area contributed by atoms with Crippen molar-refractivity contribution in [3.8, 4) is 0 Å². The van der Waals surface area contributed by atoms with Crippen molar-refractivity contribution >= 4 is 11.6 Å². The number of carbonyl (C=O) groups is 1. The average Bonchev–Trinajstić information content (AvgIpc) is 3.03. The van der Waals surface area contributed by atoms with Crippen molar-refractivity contribution < 1.29 is 4.79 Å². The predicted octanol–water partition coefficient (Wildman–Crippen LogP) is 1.75. The number of carbonyl (C=O) groups excluding carboxylic acids is 1. The van der Waals surface area contributed by atoms with Gasteiger partial charge >= 0.3 is 0 Å². The molecule has 2 N–H and O–H groups in total. The zero-order valence-electron chi connectivity index (χ0n) is 13.3. The topological polar surface area (TPSA) is 78.1 Å². The van der Waals surface area contributed by atoms with Crippen LogP contribution < -0.4 is 10.9 Å². The number of hydrogen-bond acceptors (Lipinski definition) is 4. The van der Waals surface area contributed by atoms with Crippen molar-refractivity contribution in [2.75, 3.05) is 25.5 Å². The second-order valence-electron chi connectivity index (χ2n) is 5.84. The Bertz CT molecular complexity index is 784.